The van der Waals surface area contributed by atoms with Crippen molar-refractivity contribution in [3.8, 4) is 17.7 Å². The summed E-state index contributed by atoms with van der Waals surface area (Å²) in [5.41, 5.74) is 0.974. The number of methoxy groups -OCH3 is 1. The molecule has 0 saturated carbocycles. The quantitative estimate of drug-likeness (QED) is 0.636. The van der Waals surface area contributed by atoms with Gasteiger partial charge in [0, 0.05) is 5.56 Å². The summed E-state index contributed by atoms with van der Waals surface area (Å²) in [4.78, 5) is 13.2. The summed E-state index contributed by atoms with van der Waals surface area (Å²) in [6, 6.07) is 17.7. The minimum absolute atomic E-state index is 0.00645. The fourth-order valence-electron chi connectivity index (χ4n) is 3.09. The maximum absolute atomic E-state index is 13.2. The van der Waals surface area contributed by atoms with Gasteiger partial charge in [0.1, 0.15) is 23.1 Å². The Hall–Kier alpha value is -3.92. The van der Waals surface area contributed by atoms with Gasteiger partial charge in [-0.15, -0.1) is 10.2 Å². The van der Waals surface area contributed by atoms with Gasteiger partial charge in [-0.1, -0.05) is 42.5 Å². The number of para-hydroxylation sites is 1. The first-order valence-corrected chi connectivity index (χ1v) is 8.97. The van der Waals surface area contributed by atoms with Crippen LogP contribution in [0.3, 0.4) is 0 Å². The van der Waals surface area contributed by atoms with Gasteiger partial charge in [0.15, 0.2) is 5.69 Å². The second kappa shape index (κ2) is 8.40. The van der Waals surface area contributed by atoms with E-state index in [1.54, 1.807) is 38.1 Å². The average molecular weight is 388 g/mol. The minimum atomic E-state index is -0.533. The van der Waals surface area contributed by atoms with E-state index in [4.69, 9.17) is 4.74 Å². The van der Waals surface area contributed by atoms with Crippen LogP contribution in [0.5, 0.6) is 11.6 Å². The number of aromatic hydroxyl groups is 1. The zero-order valence-corrected chi connectivity index (χ0v) is 16.3. The average Bonchev–Trinajstić information content (AvgIpc) is 2.74. The number of benzene rings is 2. The molecule has 0 amide bonds. The van der Waals surface area contributed by atoms with E-state index in [9.17, 15) is 15.2 Å². The van der Waals surface area contributed by atoms with Crippen LogP contribution in [0.25, 0.3) is 0 Å². The molecule has 0 radical (unpaired) electrons. The van der Waals surface area contributed by atoms with Gasteiger partial charge in [-0.25, -0.2) is 0 Å². The van der Waals surface area contributed by atoms with Crippen molar-refractivity contribution in [3.05, 3.63) is 81.6 Å². The minimum Gasteiger partial charge on any atom is -0.494 e. The van der Waals surface area contributed by atoms with Crippen LogP contribution in [-0.2, 0) is 0 Å². The van der Waals surface area contributed by atoms with Crippen LogP contribution in [0.2, 0.25) is 0 Å². The first-order valence-electron chi connectivity index (χ1n) is 8.97. The normalized spacial score (nSPS) is 11.9. The molecule has 7 heteroatoms. The van der Waals surface area contributed by atoms with Crippen molar-refractivity contribution in [2.24, 2.45) is 10.2 Å². The summed E-state index contributed by atoms with van der Waals surface area (Å²) < 4.78 is 6.41. The molecular formula is C22H20N4O3. The lowest BCUT2D eigenvalue weighted by molar-refractivity contribution is 0.393. The van der Waals surface area contributed by atoms with Gasteiger partial charge >= 0.3 is 0 Å². The molecule has 0 aliphatic carbocycles. The number of azo groups is 1. The topological polar surface area (TPSA) is 100.0 Å². The summed E-state index contributed by atoms with van der Waals surface area (Å²) >= 11 is 0. The van der Waals surface area contributed by atoms with Gasteiger partial charge in [-0.05, 0) is 31.5 Å². The van der Waals surface area contributed by atoms with Crippen molar-refractivity contribution in [1.29, 1.82) is 5.26 Å². The second-order valence-electron chi connectivity index (χ2n) is 6.42. The molecule has 0 aliphatic rings. The number of pyridine rings is 1. The van der Waals surface area contributed by atoms with E-state index in [2.05, 4.69) is 10.2 Å². The SMILES string of the molecule is COc1ccccc1N=Nc1c(C)c(C#N)c(O)n(C(C)c2ccccc2)c1=O. The molecule has 29 heavy (non-hydrogen) atoms. The first-order chi connectivity index (χ1) is 14.0. The summed E-state index contributed by atoms with van der Waals surface area (Å²) in [5.74, 6) is 0.119. The van der Waals surface area contributed by atoms with E-state index in [0.717, 1.165) is 10.1 Å². The number of ether oxygens (including phenoxy) is 1. The molecule has 0 saturated heterocycles. The maximum Gasteiger partial charge on any atom is 0.282 e. The molecule has 2 aromatic carbocycles. The van der Waals surface area contributed by atoms with Gasteiger partial charge in [0.25, 0.3) is 5.56 Å². The van der Waals surface area contributed by atoms with Crippen molar-refractivity contribution in [2.75, 3.05) is 7.11 Å². The summed E-state index contributed by atoms with van der Waals surface area (Å²) in [5, 5.41) is 28.4. The van der Waals surface area contributed by atoms with E-state index in [0.29, 0.717) is 11.4 Å². The van der Waals surface area contributed by atoms with Crippen LogP contribution in [0.4, 0.5) is 11.4 Å². The van der Waals surface area contributed by atoms with E-state index in [1.165, 1.54) is 7.11 Å². The molecule has 1 N–H and O–H groups in total. The lowest BCUT2D eigenvalue weighted by atomic mass is 10.1. The highest BCUT2D eigenvalue weighted by molar-refractivity contribution is 5.58. The van der Waals surface area contributed by atoms with Crippen molar-refractivity contribution in [3.63, 3.8) is 0 Å². The zero-order chi connectivity index (χ0) is 21.0. The van der Waals surface area contributed by atoms with E-state index < -0.39 is 11.6 Å². The Morgan fingerprint density at radius 3 is 2.41 bits per heavy atom. The van der Waals surface area contributed by atoms with E-state index in [-0.39, 0.29) is 22.7 Å². The number of nitrogens with zero attached hydrogens (tertiary/aromatic N) is 4. The fourth-order valence-corrected chi connectivity index (χ4v) is 3.09. The van der Waals surface area contributed by atoms with Gasteiger partial charge in [-0.3, -0.25) is 9.36 Å². The van der Waals surface area contributed by atoms with Crippen LogP contribution in [-0.4, -0.2) is 16.8 Å². The van der Waals surface area contributed by atoms with Crippen molar-refractivity contribution >= 4 is 11.4 Å². The molecule has 3 aromatic rings. The Morgan fingerprint density at radius 1 is 1.10 bits per heavy atom. The predicted molar refractivity (Wildman–Crippen MR) is 109 cm³/mol. The highest BCUT2D eigenvalue weighted by atomic mass is 16.5. The van der Waals surface area contributed by atoms with Crippen molar-refractivity contribution in [2.45, 2.75) is 19.9 Å². The number of hydrogen-bond donors (Lipinski definition) is 1. The molecule has 0 spiro atoms. The second-order valence-corrected chi connectivity index (χ2v) is 6.42. The highest BCUT2D eigenvalue weighted by Gasteiger charge is 2.23. The third-order valence-electron chi connectivity index (χ3n) is 4.73. The Kier molecular flexibility index (Phi) is 5.74. The number of hydrogen-bond acceptors (Lipinski definition) is 6. The smallest absolute Gasteiger partial charge is 0.282 e. The van der Waals surface area contributed by atoms with E-state index >= 15 is 0 Å². The lowest BCUT2D eigenvalue weighted by Gasteiger charge is -2.19. The Morgan fingerprint density at radius 2 is 1.76 bits per heavy atom. The molecule has 1 heterocycles. The Bertz CT molecular complexity index is 1160. The maximum atomic E-state index is 13.2. The summed E-state index contributed by atoms with van der Waals surface area (Å²) in [7, 11) is 1.52. The van der Waals surface area contributed by atoms with Crippen LogP contribution in [0.1, 0.15) is 29.7 Å². The van der Waals surface area contributed by atoms with Crippen molar-refractivity contribution in [1.82, 2.24) is 4.57 Å². The third-order valence-corrected chi connectivity index (χ3v) is 4.73. The van der Waals surface area contributed by atoms with Crippen molar-refractivity contribution < 1.29 is 9.84 Å². The lowest BCUT2D eigenvalue weighted by Crippen LogP contribution is -2.25. The Balaban J connectivity index is 2.19. The first kappa shape index (κ1) is 19.8. The largest absolute Gasteiger partial charge is 0.494 e. The number of aromatic nitrogens is 1. The molecule has 7 nitrogen and oxygen atoms in total. The number of rotatable bonds is 5. The van der Waals surface area contributed by atoms with Crippen LogP contribution >= 0.6 is 0 Å². The molecule has 146 valence electrons. The van der Waals surface area contributed by atoms with Gasteiger partial charge in [-0.2, -0.15) is 5.26 Å². The molecular weight excluding hydrogens is 368 g/mol. The van der Waals surface area contributed by atoms with Gasteiger partial charge in [0.05, 0.1) is 13.2 Å². The predicted octanol–water partition coefficient (Wildman–Crippen LogP) is 4.77. The van der Waals surface area contributed by atoms with Gasteiger partial charge < -0.3 is 9.84 Å². The fraction of sp³-hybridized carbons (Fsp3) is 0.182. The molecule has 1 unspecified atom stereocenters. The van der Waals surface area contributed by atoms with E-state index in [1.807, 2.05) is 36.4 Å². The van der Waals surface area contributed by atoms with Gasteiger partial charge in [0.2, 0.25) is 5.88 Å². The molecule has 3 rings (SSSR count). The molecule has 0 aliphatic heterocycles. The molecule has 0 fully saturated rings. The van der Waals surface area contributed by atoms with Crippen LogP contribution in [0, 0.1) is 18.3 Å². The molecule has 1 atom stereocenters. The summed E-state index contributed by atoms with van der Waals surface area (Å²) in [6.07, 6.45) is 0. The summed E-state index contributed by atoms with van der Waals surface area (Å²) in [6.45, 7) is 3.34. The Labute approximate surface area is 168 Å². The standard InChI is InChI=1S/C22H20N4O3/c1-14-17(13-23)21(27)26(15(2)16-9-5-4-6-10-16)22(28)20(14)25-24-18-11-7-8-12-19(18)29-3/h4-12,15,27H,1-3H3. The molecule has 0 bridgehead atoms. The van der Waals surface area contributed by atoms with Crippen LogP contribution < -0.4 is 10.3 Å². The highest BCUT2D eigenvalue weighted by Crippen LogP contribution is 2.32. The van der Waals surface area contributed by atoms with Crippen LogP contribution in [0.15, 0.2) is 69.6 Å². The third kappa shape index (κ3) is 3.73. The molecule has 1 aromatic heterocycles. The number of nitriles is 1. The monoisotopic (exact) mass is 388 g/mol. The zero-order valence-electron chi connectivity index (χ0n) is 16.3.